The molecule has 20 heavy (non-hydrogen) atoms. The van der Waals surface area contributed by atoms with Crippen LogP contribution >= 0.6 is 0 Å². The summed E-state index contributed by atoms with van der Waals surface area (Å²) in [6, 6.07) is 0. The SMILES string of the molecule is CCCCCCCCCCC(C(=O)O)S(=O)(=O)O.[Na].[Na]. The van der Waals surface area contributed by atoms with Crippen LogP contribution in [0.3, 0.4) is 0 Å². The van der Waals surface area contributed by atoms with Gasteiger partial charge >= 0.3 is 5.97 Å². The van der Waals surface area contributed by atoms with Gasteiger partial charge < -0.3 is 5.11 Å². The molecule has 0 aliphatic heterocycles. The van der Waals surface area contributed by atoms with Crippen LogP contribution in [-0.2, 0) is 14.9 Å². The molecule has 5 nitrogen and oxygen atoms in total. The standard InChI is InChI=1S/C12H24O5S.2Na/c1-2-3-4-5-6-7-8-9-10-11(12(13)14)18(15,16)17;;/h11H,2-10H2,1H3,(H,13,14)(H,15,16,17);;. The first-order valence-electron chi connectivity index (χ1n) is 6.58. The predicted molar refractivity (Wildman–Crippen MR) is 81.7 cm³/mol. The third-order valence-electron chi connectivity index (χ3n) is 2.95. The Kier molecular flexibility index (Phi) is 20.1. The molecule has 0 bridgehead atoms. The number of rotatable bonds is 11. The number of hydrogen-bond donors (Lipinski definition) is 2. The number of carboxylic acids is 1. The Labute approximate surface area is 166 Å². The largest absolute Gasteiger partial charge is 0.480 e. The summed E-state index contributed by atoms with van der Waals surface area (Å²) in [4.78, 5) is 10.6. The van der Waals surface area contributed by atoms with Crippen molar-refractivity contribution in [3.8, 4) is 0 Å². The van der Waals surface area contributed by atoms with Gasteiger partial charge in [-0.15, -0.1) is 0 Å². The fourth-order valence-corrected chi connectivity index (χ4v) is 2.58. The van der Waals surface area contributed by atoms with E-state index in [-0.39, 0.29) is 65.5 Å². The fourth-order valence-electron chi connectivity index (χ4n) is 1.86. The second kappa shape index (κ2) is 15.3. The predicted octanol–water partition coefficient (Wildman–Crippen LogP) is 2.10. The summed E-state index contributed by atoms with van der Waals surface area (Å²) in [6.45, 7) is 2.15. The van der Waals surface area contributed by atoms with Gasteiger partial charge in [-0.1, -0.05) is 58.3 Å². The van der Waals surface area contributed by atoms with E-state index in [1.807, 2.05) is 0 Å². The van der Waals surface area contributed by atoms with Crippen LogP contribution in [0.1, 0.15) is 64.7 Å². The maximum atomic E-state index is 10.8. The van der Waals surface area contributed by atoms with Gasteiger partial charge in [0.25, 0.3) is 10.1 Å². The minimum Gasteiger partial charge on any atom is -0.480 e. The van der Waals surface area contributed by atoms with Crippen molar-refractivity contribution in [3.63, 3.8) is 0 Å². The topological polar surface area (TPSA) is 91.7 Å². The number of aliphatic carboxylic acids is 1. The van der Waals surface area contributed by atoms with Crippen LogP contribution < -0.4 is 0 Å². The van der Waals surface area contributed by atoms with Gasteiger partial charge in [-0.25, -0.2) is 0 Å². The minimum atomic E-state index is -4.47. The van der Waals surface area contributed by atoms with Gasteiger partial charge in [0.15, 0.2) is 5.25 Å². The van der Waals surface area contributed by atoms with Gasteiger partial charge in [-0.2, -0.15) is 8.42 Å². The Morgan fingerprint density at radius 2 is 1.35 bits per heavy atom. The fraction of sp³-hybridized carbons (Fsp3) is 0.917. The molecule has 0 rings (SSSR count). The molecule has 1 atom stereocenters. The van der Waals surface area contributed by atoms with Crippen molar-refractivity contribution < 1.29 is 22.9 Å². The smallest absolute Gasteiger partial charge is 0.324 e. The van der Waals surface area contributed by atoms with Crippen molar-refractivity contribution in [2.45, 2.75) is 70.0 Å². The first-order valence-corrected chi connectivity index (χ1v) is 8.09. The Hall–Kier alpha value is 1.38. The summed E-state index contributed by atoms with van der Waals surface area (Å²) in [5.41, 5.74) is 0. The van der Waals surface area contributed by atoms with Gasteiger partial charge in [0.1, 0.15) is 0 Å². The Morgan fingerprint density at radius 1 is 0.950 bits per heavy atom. The maximum absolute atomic E-state index is 10.8. The van der Waals surface area contributed by atoms with Gasteiger partial charge in [-0.05, 0) is 6.42 Å². The Balaban J connectivity index is -0.00000144. The Morgan fingerprint density at radius 3 is 1.70 bits per heavy atom. The van der Waals surface area contributed by atoms with Crippen LogP contribution in [0, 0.1) is 0 Å². The average molecular weight is 326 g/mol. The maximum Gasteiger partial charge on any atom is 0.324 e. The van der Waals surface area contributed by atoms with Gasteiger partial charge in [0, 0.05) is 59.1 Å². The van der Waals surface area contributed by atoms with Crippen molar-refractivity contribution in [1.82, 2.24) is 0 Å². The Bertz CT molecular complexity index is 333. The van der Waals surface area contributed by atoms with Crippen molar-refractivity contribution in [1.29, 1.82) is 0 Å². The molecule has 0 aliphatic rings. The molecule has 2 N–H and O–H groups in total. The number of unbranched alkanes of at least 4 members (excludes halogenated alkanes) is 7. The van der Waals surface area contributed by atoms with E-state index < -0.39 is 21.3 Å². The van der Waals surface area contributed by atoms with Crippen LogP contribution in [0.2, 0.25) is 0 Å². The second-order valence-electron chi connectivity index (χ2n) is 4.61. The summed E-state index contributed by atoms with van der Waals surface area (Å²) >= 11 is 0. The molecule has 0 amide bonds. The van der Waals surface area contributed by atoms with Crippen molar-refractivity contribution in [3.05, 3.63) is 0 Å². The number of carbonyl (C=O) groups is 1. The van der Waals surface area contributed by atoms with Crippen LogP contribution in [-0.4, -0.2) is 88.4 Å². The number of hydrogen-bond acceptors (Lipinski definition) is 3. The molecule has 0 aromatic carbocycles. The third-order valence-corrected chi connectivity index (χ3v) is 4.11. The van der Waals surface area contributed by atoms with E-state index >= 15 is 0 Å². The van der Waals surface area contributed by atoms with E-state index in [9.17, 15) is 13.2 Å². The summed E-state index contributed by atoms with van der Waals surface area (Å²) in [6.07, 6.45) is 8.25. The zero-order valence-corrected chi connectivity index (χ0v) is 17.8. The van der Waals surface area contributed by atoms with E-state index in [2.05, 4.69) is 6.92 Å². The second-order valence-corrected chi connectivity index (χ2v) is 6.20. The molecular weight excluding hydrogens is 302 g/mol. The molecular formula is C12H24Na2O5S. The molecule has 0 saturated carbocycles. The number of carboxylic acid groups (broad SMARTS) is 1. The van der Waals surface area contributed by atoms with Crippen molar-refractivity contribution >= 4 is 75.2 Å². The summed E-state index contributed by atoms with van der Waals surface area (Å²) in [5, 5.41) is 7.00. The van der Waals surface area contributed by atoms with E-state index in [0.29, 0.717) is 6.42 Å². The van der Waals surface area contributed by atoms with Gasteiger partial charge in [0.05, 0.1) is 0 Å². The minimum absolute atomic E-state index is 0. The van der Waals surface area contributed by atoms with E-state index in [1.54, 1.807) is 0 Å². The van der Waals surface area contributed by atoms with E-state index in [4.69, 9.17) is 9.66 Å². The molecule has 8 heteroatoms. The molecule has 0 spiro atoms. The van der Waals surface area contributed by atoms with Crippen LogP contribution in [0.15, 0.2) is 0 Å². The van der Waals surface area contributed by atoms with Crippen LogP contribution in [0.5, 0.6) is 0 Å². The molecule has 0 fully saturated rings. The van der Waals surface area contributed by atoms with Crippen LogP contribution in [0.25, 0.3) is 0 Å². The molecule has 1 unspecified atom stereocenters. The monoisotopic (exact) mass is 326 g/mol. The summed E-state index contributed by atoms with van der Waals surface area (Å²) in [7, 11) is -4.47. The molecule has 0 aliphatic carbocycles. The van der Waals surface area contributed by atoms with Crippen molar-refractivity contribution in [2.24, 2.45) is 0 Å². The van der Waals surface area contributed by atoms with Gasteiger partial charge in [-0.3, -0.25) is 9.35 Å². The molecule has 110 valence electrons. The zero-order chi connectivity index (χ0) is 14.0. The third kappa shape index (κ3) is 14.3. The molecule has 0 heterocycles. The van der Waals surface area contributed by atoms with Crippen molar-refractivity contribution in [2.75, 3.05) is 0 Å². The molecule has 0 aromatic rings. The van der Waals surface area contributed by atoms with Gasteiger partial charge in [0.2, 0.25) is 0 Å². The molecule has 2 radical (unpaired) electrons. The zero-order valence-electron chi connectivity index (χ0n) is 13.0. The molecule has 0 saturated heterocycles. The van der Waals surface area contributed by atoms with E-state index in [0.717, 1.165) is 19.3 Å². The van der Waals surface area contributed by atoms with Crippen LogP contribution in [0.4, 0.5) is 0 Å². The summed E-state index contributed by atoms with van der Waals surface area (Å²) < 4.78 is 30.3. The normalized spacial score (nSPS) is 12.1. The quantitative estimate of drug-likeness (QED) is 0.345. The molecule has 0 aromatic heterocycles. The first-order chi connectivity index (χ1) is 8.39. The van der Waals surface area contributed by atoms with E-state index in [1.165, 1.54) is 25.7 Å². The average Bonchev–Trinajstić information content (AvgIpc) is 2.24. The summed E-state index contributed by atoms with van der Waals surface area (Å²) in [5.74, 6) is -1.47. The first kappa shape index (κ1) is 26.3.